The van der Waals surface area contributed by atoms with E-state index in [2.05, 4.69) is 27.8 Å². The number of nitrogens with zero attached hydrogens (tertiary/aromatic N) is 1. The Hall–Kier alpha value is -3.48. The number of amides is 3. The van der Waals surface area contributed by atoms with Crippen LogP contribution >= 0.6 is 11.3 Å². The first-order chi connectivity index (χ1) is 14.4. The van der Waals surface area contributed by atoms with E-state index >= 15 is 0 Å². The molecule has 0 radical (unpaired) electrons. The molecule has 3 aromatic rings. The number of benzene rings is 1. The molecule has 1 fully saturated rings. The molecule has 0 spiro atoms. The highest BCUT2D eigenvalue weighted by Gasteiger charge is 2.46. The number of aromatic nitrogens is 1. The molecular formula is C21H20N4O4S. The van der Waals surface area contributed by atoms with E-state index in [0.29, 0.717) is 11.1 Å². The van der Waals surface area contributed by atoms with E-state index in [4.69, 9.17) is 4.74 Å². The topological polar surface area (TPSA) is 105 Å². The predicted octanol–water partition coefficient (Wildman–Crippen LogP) is 1.77. The fourth-order valence-electron chi connectivity index (χ4n) is 3.35. The summed E-state index contributed by atoms with van der Waals surface area (Å²) in [5, 5.41) is 21.9. The molecule has 0 unspecified atom stereocenters. The second kappa shape index (κ2) is 7.74. The Balaban J connectivity index is 1.71. The van der Waals surface area contributed by atoms with Crippen LogP contribution in [-0.4, -0.2) is 41.3 Å². The van der Waals surface area contributed by atoms with Crippen LogP contribution in [0, 0.1) is 11.8 Å². The van der Waals surface area contributed by atoms with Gasteiger partial charge in [0.05, 0.1) is 13.7 Å². The maximum atomic E-state index is 12.6. The summed E-state index contributed by atoms with van der Waals surface area (Å²) in [7, 11) is 3.41. The summed E-state index contributed by atoms with van der Waals surface area (Å²) in [6, 6.07) is 6.62. The van der Waals surface area contributed by atoms with E-state index in [1.165, 1.54) is 4.57 Å². The first kappa shape index (κ1) is 19.8. The summed E-state index contributed by atoms with van der Waals surface area (Å²) in [4.78, 5) is 25.7. The van der Waals surface area contributed by atoms with Crippen molar-refractivity contribution in [2.45, 2.75) is 18.6 Å². The number of hydrogen-bond donors (Lipinski definition) is 4. The maximum absolute atomic E-state index is 12.6. The number of nitrogens with one attached hydrogen (secondary N) is 3. The van der Waals surface area contributed by atoms with Crippen LogP contribution in [0.25, 0.3) is 10.8 Å². The smallest absolute Gasteiger partial charge is 0.323 e. The molecule has 4 rings (SSSR count). The third-order valence-corrected chi connectivity index (χ3v) is 5.78. The molecule has 0 bridgehead atoms. The lowest BCUT2D eigenvalue weighted by atomic mass is 10.00. The molecular weight excluding hydrogens is 404 g/mol. The number of aromatic hydroxyl groups is 1. The lowest BCUT2D eigenvalue weighted by Gasteiger charge is -2.20. The third kappa shape index (κ3) is 3.58. The number of hydrogen-bond acceptors (Lipinski definition) is 6. The molecule has 1 aliphatic heterocycles. The van der Waals surface area contributed by atoms with Gasteiger partial charge < -0.3 is 25.0 Å². The molecule has 1 aliphatic rings. The molecule has 4 N–H and O–H groups in total. The number of carbonyl (C=O) groups excluding carboxylic acids is 2. The summed E-state index contributed by atoms with van der Waals surface area (Å²) >= 11 is 1.56. The number of methoxy groups -OCH3 is 1. The van der Waals surface area contributed by atoms with E-state index in [0.717, 1.165) is 22.4 Å². The van der Waals surface area contributed by atoms with Gasteiger partial charge in [-0.25, -0.2) is 4.79 Å². The summed E-state index contributed by atoms with van der Waals surface area (Å²) in [5.74, 6) is 5.93. The number of carbonyl (C=O) groups is 2. The highest BCUT2D eigenvalue weighted by molar-refractivity contribution is 7.10. The van der Waals surface area contributed by atoms with Crippen LogP contribution in [0.2, 0.25) is 0 Å². The summed E-state index contributed by atoms with van der Waals surface area (Å²) < 4.78 is 6.71. The first-order valence-corrected chi connectivity index (χ1v) is 10.1. The molecule has 154 valence electrons. The van der Waals surface area contributed by atoms with Gasteiger partial charge in [-0.1, -0.05) is 11.8 Å². The van der Waals surface area contributed by atoms with Crippen LogP contribution in [-0.2, 0) is 17.9 Å². The van der Waals surface area contributed by atoms with Gasteiger partial charge in [-0.05, 0) is 31.3 Å². The fourth-order valence-corrected chi connectivity index (χ4v) is 4.18. The second-order valence-corrected chi connectivity index (χ2v) is 7.93. The van der Waals surface area contributed by atoms with Gasteiger partial charge in [0.15, 0.2) is 5.88 Å². The highest BCUT2D eigenvalue weighted by atomic mass is 32.1. The number of rotatable bonds is 5. The zero-order valence-corrected chi connectivity index (χ0v) is 17.2. The Morgan fingerprint density at radius 2 is 2.17 bits per heavy atom. The van der Waals surface area contributed by atoms with Gasteiger partial charge in [-0.2, -0.15) is 0 Å². The average Bonchev–Trinajstić information content (AvgIpc) is 3.38. The Labute approximate surface area is 176 Å². The van der Waals surface area contributed by atoms with E-state index < -0.39 is 17.5 Å². The van der Waals surface area contributed by atoms with Crippen molar-refractivity contribution >= 4 is 34.0 Å². The predicted molar refractivity (Wildman–Crippen MR) is 114 cm³/mol. The molecule has 3 amide bonds. The van der Waals surface area contributed by atoms with Crippen LogP contribution in [0.4, 0.5) is 4.79 Å². The van der Waals surface area contributed by atoms with Gasteiger partial charge in [0.1, 0.15) is 5.75 Å². The molecule has 0 aliphatic carbocycles. The van der Waals surface area contributed by atoms with Crippen molar-refractivity contribution in [1.29, 1.82) is 0 Å². The maximum Gasteiger partial charge on any atom is 0.323 e. The SMILES string of the molecule is CNCc1cc(C#C[C@@]2(Cn3cc4ccc(OC)cc4c3O)NC(=O)NC2=O)cs1. The highest BCUT2D eigenvalue weighted by Crippen LogP contribution is 2.32. The molecule has 0 saturated carbocycles. The first-order valence-electron chi connectivity index (χ1n) is 9.19. The summed E-state index contributed by atoms with van der Waals surface area (Å²) in [6.07, 6.45) is 1.71. The fraction of sp³-hybridized carbons (Fsp3) is 0.238. The van der Waals surface area contributed by atoms with Crippen molar-refractivity contribution in [2.75, 3.05) is 14.2 Å². The van der Waals surface area contributed by atoms with E-state index in [9.17, 15) is 14.7 Å². The molecule has 1 aromatic carbocycles. The van der Waals surface area contributed by atoms with Gasteiger partial charge >= 0.3 is 6.03 Å². The van der Waals surface area contributed by atoms with Crippen LogP contribution in [0.3, 0.4) is 0 Å². The molecule has 30 heavy (non-hydrogen) atoms. The lowest BCUT2D eigenvalue weighted by molar-refractivity contribution is -0.122. The molecule has 3 heterocycles. The number of ether oxygens (including phenoxy) is 1. The molecule has 9 heteroatoms. The lowest BCUT2D eigenvalue weighted by Crippen LogP contribution is -2.49. The molecule has 1 saturated heterocycles. The zero-order valence-electron chi connectivity index (χ0n) is 16.4. The van der Waals surface area contributed by atoms with Gasteiger partial charge in [-0.3, -0.25) is 10.1 Å². The number of thiophene rings is 1. The van der Waals surface area contributed by atoms with E-state index in [1.54, 1.807) is 36.8 Å². The van der Waals surface area contributed by atoms with Crippen molar-refractivity contribution in [1.82, 2.24) is 20.5 Å². The minimum Gasteiger partial charge on any atom is -0.497 e. The Morgan fingerprint density at radius 1 is 1.33 bits per heavy atom. The van der Waals surface area contributed by atoms with E-state index in [1.807, 2.05) is 24.6 Å². The van der Waals surface area contributed by atoms with Crippen LogP contribution < -0.4 is 20.7 Å². The van der Waals surface area contributed by atoms with Crippen LogP contribution in [0.1, 0.15) is 10.4 Å². The van der Waals surface area contributed by atoms with Gasteiger partial charge in [0.25, 0.3) is 5.91 Å². The minimum atomic E-state index is -1.50. The Kier molecular flexibility index (Phi) is 5.11. The van der Waals surface area contributed by atoms with Crippen molar-refractivity contribution in [2.24, 2.45) is 0 Å². The summed E-state index contributed by atoms with van der Waals surface area (Å²) in [6.45, 7) is 0.677. The molecule has 8 nitrogen and oxygen atoms in total. The van der Waals surface area contributed by atoms with Gasteiger partial charge in [0.2, 0.25) is 5.54 Å². The van der Waals surface area contributed by atoms with Crippen molar-refractivity contribution in [3.8, 4) is 23.5 Å². The normalized spacial score (nSPS) is 18.1. The number of imide groups is 1. The molecule has 2 aromatic heterocycles. The third-order valence-electron chi connectivity index (χ3n) is 4.84. The molecule has 1 atom stereocenters. The summed E-state index contributed by atoms with van der Waals surface area (Å²) in [5.41, 5.74) is -0.746. The van der Waals surface area contributed by atoms with Crippen molar-refractivity contribution < 1.29 is 19.4 Å². The quantitative estimate of drug-likeness (QED) is 0.369. The minimum absolute atomic E-state index is 0.0362. The number of urea groups is 1. The van der Waals surface area contributed by atoms with Crippen molar-refractivity contribution in [3.05, 3.63) is 46.3 Å². The van der Waals surface area contributed by atoms with Gasteiger partial charge in [-0.15, -0.1) is 11.3 Å². The van der Waals surface area contributed by atoms with Crippen LogP contribution in [0.15, 0.2) is 35.8 Å². The monoisotopic (exact) mass is 424 g/mol. The standard InChI is InChI=1S/C21H20N4O4S/c1-22-9-16-7-13(11-30-16)5-6-21(19(27)23-20(28)24-21)12-25-10-14-3-4-15(29-2)8-17(14)18(25)26/h3-4,7-8,10-11,22,26H,9,12H2,1-2H3,(H2,23,24,27,28)/t21-/m0/s1. The second-order valence-electron chi connectivity index (χ2n) is 6.93. The van der Waals surface area contributed by atoms with E-state index in [-0.39, 0.29) is 12.4 Å². The number of fused-ring (bicyclic) bond motifs is 1. The van der Waals surface area contributed by atoms with Crippen LogP contribution in [0.5, 0.6) is 11.6 Å². The van der Waals surface area contributed by atoms with Gasteiger partial charge in [0, 0.05) is 39.3 Å². The Morgan fingerprint density at radius 3 is 2.87 bits per heavy atom. The Bertz CT molecular complexity index is 1200. The van der Waals surface area contributed by atoms with Crippen molar-refractivity contribution in [3.63, 3.8) is 0 Å². The zero-order chi connectivity index (χ0) is 21.3. The average molecular weight is 424 g/mol. The largest absolute Gasteiger partial charge is 0.497 e.